The lowest BCUT2D eigenvalue weighted by Crippen LogP contribution is -2.13. The summed E-state index contributed by atoms with van der Waals surface area (Å²) in [5.74, 6) is 1.38. The van der Waals surface area contributed by atoms with Gasteiger partial charge >= 0.3 is 0 Å². The molecule has 0 aliphatic carbocycles. The molecule has 3 aromatic rings. The van der Waals surface area contributed by atoms with Crippen molar-refractivity contribution in [2.45, 2.75) is 25.8 Å². The van der Waals surface area contributed by atoms with E-state index in [2.05, 4.69) is 21.1 Å². The molecule has 0 unspecified atom stereocenters. The number of fused-ring (bicyclic) bond motifs is 1. The minimum Gasteiger partial charge on any atom is -0.481 e. The first-order chi connectivity index (χ1) is 12.7. The number of aromatic nitrogens is 3. The smallest absolute Gasteiger partial charge is 0.257 e. The van der Waals surface area contributed by atoms with Crippen molar-refractivity contribution in [1.82, 2.24) is 14.5 Å². The van der Waals surface area contributed by atoms with Crippen LogP contribution in [0.1, 0.15) is 29.0 Å². The monoisotopic (exact) mass is 348 g/mol. The zero-order valence-corrected chi connectivity index (χ0v) is 14.6. The van der Waals surface area contributed by atoms with Crippen LogP contribution in [0.2, 0.25) is 0 Å². The lowest BCUT2D eigenvalue weighted by Gasteiger charge is -2.11. The highest BCUT2D eigenvalue weighted by Crippen LogP contribution is 2.29. The topological polar surface area (TPSA) is 69.0 Å². The van der Waals surface area contributed by atoms with Crippen LogP contribution in [0.5, 0.6) is 5.88 Å². The lowest BCUT2D eigenvalue weighted by atomic mass is 10.1. The molecule has 1 aromatic carbocycles. The van der Waals surface area contributed by atoms with Crippen molar-refractivity contribution in [2.75, 3.05) is 12.4 Å². The largest absolute Gasteiger partial charge is 0.481 e. The molecule has 1 amide bonds. The standard InChI is InChI=1S/C20H20N4O2/c1-26-19-10-9-14(12-21-19)20(25)23-16-7-3-2-6-15(16)17-13-24-11-5-4-8-18(24)22-17/h2-3,6-7,9-10,12-13H,4-5,8,11H2,1H3,(H,23,25). The molecular weight excluding hydrogens is 328 g/mol. The number of nitrogens with one attached hydrogen (secondary N) is 1. The zero-order chi connectivity index (χ0) is 17.9. The molecule has 132 valence electrons. The Labute approximate surface area is 151 Å². The van der Waals surface area contributed by atoms with Crippen LogP contribution in [0.3, 0.4) is 0 Å². The van der Waals surface area contributed by atoms with Crippen molar-refractivity contribution in [3.05, 3.63) is 60.2 Å². The molecule has 0 fully saturated rings. The van der Waals surface area contributed by atoms with Crippen molar-refractivity contribution in [3.8, 4) is 17.1 Å². The van der Waals surface area contributed by atoms with Crippen molar-refractivity contribution in [2.24, 2.45) is 0 Å². The first-order valence-electron chi connectivity index (χ1n) is 8.71. The average Bonchev–Trinajstić information content (AvgIpc) is 3.12. The van der Waals surface area contributed by atoms with Crippen LogP contribution in [-0.2, 0) is 13.0 Å². The van der Waals surface area contributed by atoms with E-state index in [4.69, 9.17) is 9.72 Å². The molecule has 0 saturated carbocycles. The molecule has 1 aliphatic rings. The number of para-hydroxylation sites is 1. The van der Waals surface area contributed by atoms with E-state index in [1.807, 2.05) is 24.3 Å². The molecular formula is C20H20N4O2. The van der Waals surface area contributed by atoms with Gasteiger partial charge in [0.25, 0.3) is 5.91 Å². The third-order valence-electron chi connectivity index (χ3n) is 4.57. The number of nitrogens with zero attached hydrogens (tertiary/aromatic N) is 3. The van der Waals surface area contributed by atoms with E-state index in [-0.39, 0.29) is 5.91 Å². The Morgan fingerprint density at radius 1 is 1.19 bits per heavy atom. The summed E-state index contributed by atoms with van der Waals surface area (Å²) < 4.78 is 7.24. The maximum absolute atomic E-state index is 12.6. The summed E-state index contributed by atoms with van der Waals surface area (Å²) in [7, 11) is 1.54. The highest BCUT2D eigenvalue weighted by molar-refractivity contribution is 6.06. The fourth-order valence-electron chi connectivity index (χ4n) is 3.19. The summed E-state index contributed by atoms with van der Waals surface area (Å²) in [6.07, 6.45) is 6.96. The van der Waals surface area contributed by atoms with Gasteiger partial charge in [-0.25, -0.2) is 9.97 Å². The molecule has 4 rings (SSSR count). The number of hydrogen-bond donors (Lipinski definition) is 1. The number of ether oxygens (including phenoxy) is 1. The highest BCUT2D eigenvalue weighted by atomic mass is 16.5. The van der Waals surface area contributed by atoms with E-state index in [1.165, 1.54) is 19.0 Å². The molecule has 1 aliphatic heterocycles. The predicted octanol–water partition coefficient (Wildman–Crippen LogP) is 3.54. The molecule has 0 spiro atoms. The van der Waals surface area contributed by atoms with Gasteiger partial charge in [0, 0.05) is 37.0 Å². The molecule has 0 bridgehead atoms. The molecule has 0 atom stereocenters. The normalized spacial score (nSPS) is 13.1. The number of amides is 1. The number of carbonyl (C=O) groups is 1. The Hall–Kier alpha value is -3.15. The number of imidazole rings is 1. The first kappa shape index (κ1) is 16.3. The van der Waals surface area contributed by atoms with E-state index < -0.39 is 0 Å². The molecule has 2 aromatic heterocycles. The van der Waals surface area contributed by atoms with E-state index in [0.717, 1.165) is 35.7 Å². The molecule has 3 heterocycles. The van der Waals surface area contributed by atoms with Gasteiger partial charge in [-0.2, -0.15) is 0 Å². The number of benzene rings is 1. The fraction of sp³-hybridized carbons (Fsp3) is 0.250. The van der Waals surface area contributed by atoms with Gasteiger partial charge in [-0.1, -0.05) is 18.2 Å². The molecule has 6 heteroatoms. The number of aryl methyl sites for hydroxylation is 2. The van der Waals surface area contributed by atoms with Crippen LogP contribution in [0.25, 0.3) is 11.3 Å². The second-order valence-corrected chi connectivity index (χ2v) is 6.28. The number of hydrogen-bond acceptors (Lipinski definition) is 4. The maximum atomic E-state index is 12.6. The fourth-order valence-corrected chi connectivity index (χ4v) is 3.19. The van der Waals surface area contributed by atoms with Crippen LogP contribution < -0.4 is 10.1 Å². The average molecular weight is 348 g/mol. The maximum Gasteiger partial charge on any atom is 0.257 e. The van der Waals surface area contributed by atoms with Crippen LogP contribution in [0.4, 0.5) is 5.69 Å². The molecule has 0 saturated heterocycles. The van der Waals surface area contributed by atoms with E-state index in [0.29, 0.717) is 11.4 Å². The summed E-state index contributed by atoms with van der Waals surface area (Å²) in [6, 6.07) is 11.1. The van der Waals surface area contributed by atoms with E-state index in [9.17, 15) is 4.79 Å². The van der Waals surface area contributed by atoms with Crippen molar-refractivity contribution in [3.63, 3.8) is 0 Å². The highest BCUT2D eigenvalue weighted by Gasteiger charge is 2.16. The van der Waals surface area contributed by atoms with Crippen molar-refractivity contribution in [1.29, 1.82) is 0 Å². The van der Waals surface area contributed by atoms with Gasteiger partial charge in [-0.15, -0.1) is 0 Å². The van der Waals surface area contributed by atoms with Gasteiger partial charge in [0.05, 0.1) is 24.1 Å². The zero-order valence-electron chi connectivity index (χ0n) is 14.6. The Bertz CT molecular complexity index is 908. The minimum absolute atomic E-state index is 0.212. The molecule has 6 nitrogen and oxygen atoms in total. The van der Waals surface area contributed by atoms with Crippen LogP contribution >= 0.6 is 0 Å². The van der Waals surface area contributed by atoms with Crippen LogP contribution in [0, 0.1) is 0 Å². The van der Waals surface area contributed by atoms with Gasteiger partial charge in [0.15, 0.2) is 0 Å². The Balaban J connectivity index is 1.61. The summed E-state index contributed by atoms with van der Waals surface area (Å²) >= 11 is 0. The van der Waals surface area contributed by atoms with Gasteiger partial charge in [0.2, 0.25) is 5.88 Å². The summed E-state index contributed by atoms with van der Waals surface area (Å²) in [5, 5.41) is 2.97. The second kappa shape index (κ2) is 7.00. The predicted molar refractivity (Wildman–Crippen MR) is 99.3 cm³/mol. The number of pyridine rings is 1. The lowest BCUT2D eigenvalue weighted by molar-refractivity contribution is 0.102. The SMILES string of the molecule is COc1ccc(C(=O)Nc2ccccc2-c2cn3c(n2)CCCC3)cn1. The number of anilines is 1. The van der Waals surface area contributed by atoms with Gasteiger partial charge < -0.3 is 14.6 Å². The first-order valence-corrected chi connectivity index (χ1v) is 8.71. The van der Waals surface area contributed by atoms with Crippen molar-refractivity contribution >= 4 is 11.6 Å². The van der Waals surface area contributed by atoms with Gasteiger partial charge in [-0.05, 0) is 25.0 Å². The Morgan fingerprint density at radius 3 is 2.85 bits per heavy atom. The number of methoxy groups -OCH3 is 1. The second-order valence-electron chi connectivity index (χ2n) is 6.28. The van der Waals surface area contributed by atoms with Gasteiger partial charge in [-0.3, -0.25) is 4.79 Å². The van der Waals surface area contributed by atoms with Crippen molar-refractivity contribution < 1.29 is 9.53 Å². The Morgan fingerprint density at radius 2 is 2.08 bits per heavy atom. The van der Waals surface area contributed by atoms with E-state index in [1.54, 1.807) is 19.2 Å². The summed E-state index contributed by atoms with van der Waals surface area (Å²) in [4.78, 5) is 21.4. The van der Waals surface area contributed by atoms with Crippen LogP contribution in [-0.4, -0.2) is 27.6 Å². The van der Waals surface area contributed by atoms with Crippen LogP contribution in [0.15, 0.2) is 48.8 Å². The molecule has 26 heavy (non-hydrogen) atoms. The minimum atomic E-state index is -0.212. The summed E-state index contributed by atoms with van der Waals surface area (Å²) in [6.45, 7) is 1.01. The summed E-state index contributed by atoms with van der Waals surface area (Å²) in [5.41, 5.74) is 3.03. The van der Waals surface area contributed by atoms with Gasteiger partial charge in [0.1, 0.15) is 5.82 Å². The third-order valence-corrected chi connectivity index (χ3v) is 4.57. The quantitative estimate of drug-likeness (QED) is 0.783. The third kappa shape index (κ3) is 3.18. The molecule has 1 N–H and O–H groups in total. The number of rotatable bonds is 4. The molecule has 0 radical (unpaired) electrons. The van der Waals surface area contributed by atoms with E-state index >= 15 is 0 Å². The number of carbonyl (C=O) groups excluding carboxylic acids is 1. The Kier molecular flexibility index (Phi) is 4.39.